The fourth-order valence-corrected chi connectivity index (χ4v) is 10.7. The molecule has 9 rings (SSSR count). The first-order valence-electron chi connectivity index (χ1n) is 15.5. The summed E-state index contributed by atoms with van der Waals surface area (Å²) >= 11 is 0. The Morgan fingerprint density at radius 2 is 0.955 bits per heavy atom. The Morgan fingerprint density at radius 1 is 0.409 bits per heavy atom. The zero-order chi connectivity index (χ0) is 29.4. The minimum Gasteiger partial charge on any atom is -0.310 e. The van der Waals surface area contributed by atoms with Crippen molar-refractivity contribution in [2.45, 2.75) is 13.1 Å². The van der Waals surface area contributed by atoms with Crippen molar-refractivity contribution in [3.05, 3.63) is 152 Å². The van der Waals surface area contributed by atoms with Crippen LogP contribution in [0.2, 0.25) is 13.1 Å². The molecule has 0 unspecified atom stereocenters. The molecule has 2 heteroatoms. The van der Waals surface area contributed by atoms with Gasteiger partial charge >= 0.3 is 0 Å². The molecule has 1 nitrogen and oxygen atoms in total. The summed E-state index contributed by atoms with van der Waals surface area (Å²) in [5.74, 6) is 0. The van der Waals surface area contributed by atoms with Crippen molar-refractivity contribution < 1.29 is 0 Å². The summed E-state index contributed by atoms with van der Waals surface area (Å²) in [4.78, 5) is 2.54. The molecule has 0 radical (unpaired) electrons. The number of hydrogen-bond acceptors (Lipinski definition) is 1. The van der Waals surface area contributed by atoms with E-state index in [1.807, 2.05) is 0 Å². The first-order chi connectivity index (χ1) is 21.6. The number of nitrogens with zero attached hydrogens (tertiary/aromatic N) is 1. The van der Waals surface area contributed by atoms with E-state index >= 15 is 0 Å². The molecule has 8 aromatic rings. The fraction of sp³-hybridized carbons (Fsp3) is 0.0476. The van der Waals surface area contributed by atoms with Crippen LogP contribution in [0.3, 0.4) is 0 Å². The van der Waals surface area contributed by atoms with Gasteiger partial charge < -0.3 is 4.90 Å². The van der Waals surface area contributed by atoms with Crippen molar-refractivity contribution >= 4 is 78.6 Å². The van der Waals surface area contributed by atoms with E-state index < -0.39 is 8.07 Å². The van der Waals surface area contributed by atoms with Crippen LogP contribution in [0.15, 0.2) is 152 Å². The largest absolute Gasteiger partial charge is 0.310 e. The molecule has 0 N–H and O–H groups in total. The van der Waals surface area contributed by atoms with Crippen LogP contribution in [0.1, 0.15) is 0 Å². The lowest BCUT2D eigenvalue weighted by Crippen LogP contribution is -2.58. The van der Waals surface area contributed by atoms with Gasteiger partial charge in [-0.1, -0.05) is 134 Å². The van der Waals surface area contributed by atoms with Gasteiger partial charge in [0.2, 0.25) is 0 Å². The maximum atomic E-state index is 2.54. The molecule has 208 valence electrons. The van der Waals surface area contributed by atoms with Gasteiger partial charge in [-0.15, -0.1) is 0 Å². The second-order valence-electron chi connectivity index (χ2n) is 12.6. The molecule has 0 fully saturated rings. The normalized spacial score (nSPS) is 13.8. The Labute approximate surface area is 258 Å². The van der Waals surface area contributed by atoms with Crippen molar-refractivity contribution in [3.8, 4) is 11.1 Å². The van der Waals surface area contributed by atoms with E-state index in [2.05, 4.69) is 170 Å². The third-order valence-electron chi connectivity index (χ3n) is 9.78. The first-order valence-corrected chi connectivity index (χ1v) is 18.5. The standard InChI is InChI=1S/C42H31NSi/c1-44(2)40-21-11-9-19-37(40)43(38-20-10-12-22-41(38)44)39-27-31-26-36(30-24-23-28-13-3-4-14-29(28)25-30)32-15-5-7-17-34(32)42(31)35-18-8-6-16-33(35)39/h3-27H,1-2H3. The Hall–Kier alpha value is -5.18. The molecule has 0 saturated carbocycles. The van der Waals surface area contributed by atoms with Crippen LogP contribution in [-0.2, 0) is 0 Å². The summed E-state index contributed by atoms with van der Waals surface area (Å²) in [6.07, 6.45) is 0. The molecular formula is C42H31NSi. The van der Waals surface area contributed by atoms with E-state index in [0.29, 0.717) is 0 Å². The van der Waals surface area contributed by atoms with E-state index in [4.69, 9.17) is 0 Å². The molecule has 1 aliphatic heterocycles. The second kappa shape index (κ2) is 9.41. The molecule has 44 heavy (non-hydrogen) atoms. The van der Waals surface area contributed by atoms with Crippen molar-refractivity contribution in [3.63, 3.8) is 0 Å². The Bertz CT molecular complexity index is 2390. The Kier molecular flexibility index (Phi) is 5.42. The summed E-state index contributed by atoms with van der Waals surface area (Å²) in [5, 5.41) is 13.2. The van der Waals surface area contributed by atoms with Crippen LogP contribution in [0.25, 0.3) is 54.2 Å². The number of hydrogen-bond donors (Lipinski definition) is 0. The van der Waals surface area contributed by atoms with Gasteiger partial charge in [0.25, 0.3) is 0 Å². The van der Waals surface area contributed by atoms with Crippen LogP contribution in [-0.4, -0.2) is 8.07 Å². The number of para-hydroxylation sites is 2. The Morgan fingerprint density at radius 3 is 1.66 bits per heavy atom. The number of rotatable bonds is 2. The SMILES string of the molecule is C[Si]1(C)c2ccccc2N(c2cc3cc(-c4ccc5ccccc5c4)c4ccccc4c3c3ccccc23)c2ccccc21. The number of benzene rings is 8. The predicted molar refractivity (Wildman–Crippen MR) is 193 cm³/mol. The highest BCUT2D eigenvalue weighted by molar-refractivity contribution is 7.02. The van der Waals surface area contributed by atoms with E-state index in [1.165, 1.54) is 81.7 Å². The monoisotopic (exact) mass is 577 g/mol. The maximum Gasteiger partial charge on any atom is 0.117 e. The van der Waals surface area contributed by atoms with Gasteiger partial charge in [0.1, 0.15) is 8.07 Å². The highest BCUT2D eigenvalue weighted by atomic mass is 28.3. The summed E-state index contributed by atoms with van der Waals surface area (Å²) < 4.78 is 0. The van der Waals surface area contributed by atoms with Crippen molar-refractivity contribution in [1.29, 1.82) is 0 Å². The molecular weight excluding hydrogens is 547 g/mol. The molecule has 1 aliphatic rings. The van der Waals surface area contributed by atoms with E-state index in [-0.39, 0.29) is 0 Å². The van der Waals surface area contributed by atoms with Crippen LogP contribution in [0.5, 0.6) is 0 Å². The first kappa shape index (κ1) is 25.3. The smallest absolute Gasteiger partial charge is 0.117 e. The number of anilines is 3. The zero-order valence-electron chi connectivity index (χ0n) is 24.9. The summed E-state index contributed by atoms with van der Waals surface area (Å²) in [5.41, 5.74) is 6.37. The van der Waals surface area contributed by atoms with Gasteiger partial charge in [-0.3, -0.25) is 0 Å². The third-order valence-corrected chi connectivity index (χ3v) is 13.3. The molecule has 0 bridgehead atoms. The predicted octanol–water partition coefficient (Wildman–Crippen LogP) is 10.6. The Balaban J connectivity index is 1.40. The summed E-state index contributed by atoms with van der Waals surface area (Å²) in [6.45, 7) is 4.98. The molecule has 1 heterocycles. The van der Waals surface area contributed by atoms with Crippen LogP contribution < -0.4 is 15.3 Å². The minimum absolute atomic E-state index is 1.23. The molecule has 0 atom stereocenters. The molecule has 0 spiro atoms. The second-order valence-corrected chi connectivity index (χ2v) is 16.9. The summed E-state index contributed by atoms with van der Waals surface area (Å²) in [6, 6.07) is 56.5. The third kappa shape index (κ3) is 3.58. The van der Waals surface area contributed by atoms with Gasteiger partial charge in [0, 0.05) is 16.8 Å². The van der Waals surface area contributed by atoms with Gasteiger partial charge in [0.15, 0.2) is 0 Å². The molecule has 0 saturated heterocycles. The highest BCUT2D eigenvalue weighted by Gasteiger charge is 2.38. The lowest BCUT2D eigenvalue weighted by molar-refractivity contribution is 1.30. The fourth-order valence-electron chi connectivity index (χ4n) is 7.67. The average molecular weight is 578 g/mol. The lowest BCUT2D eigenvalue weighted by Gasteiger charge is -2.41. The van der Waals surface area contributed by atoms with Crippen LogP contribution in [0, 0.1) is 0 Å². The van der Waals surface area contributed by atoms with Gasteiger partial charge in [-0.05, 0) is 89.5 Å². The quantitative estimate of drug-likeness (QED) is 0.146. The zero-order valence-corrected chi connectivity index (χ0v) is 25.9. The lowest BCUT2D eigenvalue weighted by atomic mass is 9.89. The molecule has 8 aromatic carbocycles. The molecule has 0 aliphatic carbocycles. The van der Waals surface area contributed by atoms with Crippen molar-refractivity contribution in [2.24, 2.45) is 0 Å². The topological polar surface area (TPSA) is 3.24 Å². The summed E-state index contributed by atoms with van der Waals surface area (Å²) in [7, 11) is -1.88. The highest BCUT2D eigenvalue weighted by Crippen LogP contribution is 2.46. The number of fused-ring (bicyclic) bond motifs is 8. The maximum absolute atomic E-state index is 2.54. The van der Waals surface area contributed by atoms with Gasteiger partial charge in [-0.25, -0.2) is 0 Å². The van der Waals surface area contributed by atoms with Crippen molar-refractivity contribution in [2.75, 3.05) is 4.90 Å². The van der Waals surface area contributed by atoms with E-state index in [0.717, 1.165) is 0 Å². The molecule has 0 aromatic heterocycles. The van der Waals surface area contributed by atoms with Crippen molar-refractivity contribution in [1.82, 2.24) is 0 Å². The van der Waals surface area contributed by atoms with E-state index in [9.17, 15) is 0 Å². The molecule has 0 amide bonds. The minimum atomic E-state index is -1.88. The van der Waals surface area contributed by atoms with Gasteiger partial charge in [-0.2, -0.15) is 0 Å². The average Bonchev–Trinajstić information content (AvgIpc) is 3.08. The van der Waals surface area contributed by atoms with Crippen LogP contribution in [0.4, 0.5) is 17.1 Å². The van der Waals surface area contributed by atoms with Crippen LogP contribution >= 0.6 is 0 Å². The van der Waals surface area contributed by atoms with E-state index in [1.54, 1.807) is 0 Å². The van der Waals surface area contributed by atoms with Gasteiger partial charge in [0.05, 0.1) is 5.69 Å².